The van der Waals surface area contributed by atoms with Crippen molar-refractivity contribution in [3.8, 4) is 0 Å². The first-order valence-corrected chi connectivity index (χ1v) is 5.32. The summed E-state index contributed by atoms with van der Waals surface area (Å²) in [6.45, 7) is 4.25. The highest BCUT2D eigenvalue weighted by atomic mass is 16.2. The van der Waals surface area contributed by atoms with Crippen LogP contribution >= 0.6 is 0 Å². The summed E-state index contributed by atoms with van der Waals surface area (Å²) in [6, 6.07) is 9.96. The normalized spacial score (nSPS) is 21.4. The van der Waals surface area contributed by atoms with Crippen molar-refractivity contribution in [2.45, 2.75) is 26.3 Å². The summed E-state index contributed by atoms with van der Waals surface area (Å²) in [5.41, 5.74) is 4.16. The molecule has 1 fully saturated rings. The molecule has 1 aliphatic rings. The van der Waals surface area contributed by atoms with Crippen LogP contribution in [0.1, 0.15) is 20.3 Å². The van der Waals surface area contributed by atoms with Crippen LogP contribution in [-0.2, 0) is 4.79 Å². The van der Waals surface area contributed by atoms with E-state index in [0.29, 0.717) is 12.3 Å². The lowest BCUT2D eigenvalue weighted by atomic mass is 10.0. The third-order valence-corrected chi connectivity index (χ3v) is 2.76. The molecule has 1 unspecified atom stereocenters. The fourth-order valence-electron chi connectivity index (χ4n) is 1.74. The highest BCUT2D eigenvalue weighted by Gasteiger charge is 2.31. The Balaban J connectivity index is 2.16. The summed E-state index contributed by atoms with van der Waals surface area (Å²) in [6.07, 6.45) is 0.590. The molecule has 1 heterocycles. The zero-order valence-electron chi connectivity index (χ0n) is 9.10. The number of amides is 1. The minimum atomic E-state index is 0.153. The number of hydrogen-bond donors (Lipinski definition) is 1. The SMILES string of the molecule is CC(C)C1CC(=O)N(c2ccccc2)N1. The zero-order chi connectivity index (χ0) is 10.8. The molecule has 1 amide bonds. The first-order valence-electron chi connectivity index (χ1n) is 5.32. The van der Waals surface area contributed by atoms with Gasteiger partial charge >= 0.3 is 0 Å². The maximum atomic E-state index is 11.8. The number of para-hydroxylation sites is 1. The second kappa shape index (κ2) is 4.03. The van der Waals surface area contributed by atoms with E-state index >= 15 is 0 Å². The van der Waals surface area contributed by atoms with Crippen molar-refractivity contribution in [2.24, 2.45) is 5.92 Å². The number of hydrogen-bond acceptors (Lipinski definition) is 2. The maximum Gasteiger partial charge on any atom is 0.243 e. The number of benzene rings is 1. The highest BCUT2D eigenvalue weighted by Crippen LogP contribution is 2.21. The van der Waals surface area contributed by atoms with Crippen molar-refractivity contribution in [2.75, 3.05) is 5.01 Å². The van der Waals surface area contributed by atoms with E-state index in [1.807, 2.05) is 30.3 Å². The lowest BCUT2D eigenvalue weighted by Crippen LogP contribution is -2.39. The lowest BCUT2D eigenvalue weighted by Gasteiger charge is -2.19. The van der Waals surface area contributed by atoms with E-state index in [2.05, 4.69) is 19.3 Å². The Bertz CT molecular complexity index is 348. The second-order valence-electron chi connectivity index (χ2n) is 4.25. The van der Waals surface area contributed by atoms with Gasteiger partial charge < -0.3 is 0 Å². The Labute approximate surface area is 90.1 Å². The van der Waals surface area contributed by atoms with Crippen LogP contribution in [0.5, 0.6) is 0 Å². The van der Waals surface area contributed by atoms with E-state index in [1.165, 1.54) is 0 Å². The third kappa shape index (κ3) is 2.02. The third-order valence-electron chi connectivity index (χ3n) is 2.76. The van der Waals surface area contributed by atoms with Crippen molar-refractivity contribution >= 4 is 11.6 Å². The average molecular weight is 204 g/mol. The molecule has 0 spiro atoms. The summed E-state index contributed by atoms with van der Waals surface area (Å²) in [7, 11) is 0. The van der Waals surface area contributed by atoms with Crippen molar-refractivity contribution in [3.63, 3.8) is 0 Å². The molecule has 0 radical (unpaired) electrons. The molecule has 0 saturated carbocycles. The van der Waals surface area contributed by atoms with Crippen molar-refractivity contribution in [3.05, 3.63) is 30.3 Å². The van der Waals surface area contributed by atoms with Gasteiger partial charge in [0.1, 0.15) is 0 Å². The zero-order valence-corrected chi connectivity index (χ0v) is 9.10. The van der Waals surface area contributed by atoms with E-state index in [9.17, 15) is 4.79 Å². The minimum absolute atomic E-state index is 0.153. The van der Waals surface area contributed by atoms with Gasteiger partial charge in [-0.25, -0.2) is 10.4 Å². The molecule has 3 nitrogen and oxygen atoms in total. The predicted octanol–water partition coefficient (Wildman–Crippen LogP) is 1.95. The quantitative estimate of drug-likeness (QED) is 0.798. The first-order chi connectivity index (χ1) is 7.18. The molecule has 1 aromatic rings. The number of nitrogens with one attached hydrogen (secondary N) is 1. The predicted molar refractivity (Wildman–Crippen MR) is 60.3 cm³/mol. The smallest absolute Gasteiger partial charge is 0.243 e. The average Bonchev–Trinajstić information content (AvgIpc) is 2.62. The number of anilines is 1. The molecule has 1 atom stereocenters. The largest absolute Gasteiger partial charge is 0.273 e. The molecule has 3 heteroatoms. The molecular weight excluding hydrogens is 188 g/mol. The second-order valence-corrected chi connectivity index (χ2v) is 4.25. The van der Waals surface area contributed by atoms with Crippen molar-refractivity contribution in [1.29, 1.82) is 0 Å². The van der Waals surface area contributed by atoms with Gasteiger partial charge in [-0.15, -0.1) is 0 Å². The molecule has 1 N–H and O–H groups in total. The van der Waals surface area contributed by atoms with Crippen molar-refractivity contribution in [1.82, 2.24) is 5.43 Å². The lowest BCUT2D eigenvalue weighted by molar-refractivity contribution is -0.117. The summed E-state index contributed by atoms with van der Waals surface area (Å²) in [5, 5.41) is 1.66. The van der Waals surface area contributed by atoms with Gasteiger partial charge in [0.15, 0.2) is 0 Å². The van der Waals surface area contributed by atoms with E-state index in [1.54, 1.807) is 5.01 Å². The molecule has 1 aliphatic heterocycles. The Kier molecular flexibility index (Phi) is 2.73. The number of carbonyl (C=O) groups excluding carboxylic acids is 1. The van der Waals surface area contributed by atoms with Gasteiger partial charge in [-0.2, -0.15) is 0 Å². The van der Waals surface area contributed by atoms with Gasteiger partial charge in [0, 0.05) is 12.5 Å². The molecule has 80 valence electrons. The van der Waals surface area contributed by atoms with Gasteiger partial charge in [0.05, 0.1) is 5.69 Å². The van der Waals surface area contributed by atoms with Crippen LogP contribution in [0.4, 0.5) is 5.69 Å². The molecule has 0 bridgehead atoms. The van der Waals surface area contributed by atoms with Crippen LogP contribution in [0.3, 0.4) is 0 Å². The minimum Gasteiger partial charge on any atom is -0.273 e. The van der Waals surface area contributed by atoms with Crippen LogP contribution in [-0.4, -0.2) is 11.9 Å². The van der Waals surface area contributed by atoms with Crippen LogP contribution in [0.25, 0.3) is 0 Å². The Morgan fingerprint density at radius 2 is 2.00 bits per heavy atom. The highest BCUT2D eigenvalue weighted by molar-refractivity contribution is 5.94. The van der Waals surface area contributed by atoms with E-state index in [4.69, 9.17) is 0 Å². The van der Waals surface area contributed by atoms with Crippen molar-refractivity contribution < 1.29 is 4.79 Å². The number of rotatable bonds is 2. The summed E-state index contributed by atoms with van der Waals surface area (Å²) >= 11 is 0. The van der Waals surface area contributed by atoms with E-state index in [-0.39, 0.29) is 11.9 Å². The van der Waals surface area contributed by atoms with Crippen LogP contribution in [0.15, 0.2) is 30.3 Å². The number of carbonyl (C=O) groups is 1. The van der Waals surface area contributed by atoms with Gasteiger partial charge in [-0.3, -0.25) is 4.79 Å². The molecule has 0 aliphatic carbocycles. The molecule has 0 aromatic heterocycles. The molecular formula is C12H16N2O. The number of hydrazine groups is 1. The summed E-state index contributed by atoms with van der Waals surface area (Å²) in [4.78, 5) is 11.8. The monoisotopic (exact) mass is 204 g/mol. The molecule has 1 aromatic carbocycles. The molecule has 1 saturated heterocycles. The fraction of sp³-hybridized carbons (Fsp3) is 0.417. The van der Waals surface area contributed by atoms with Gasteiger partial charge in [-0.1, -0.05) is 32.0 Å². The fourth-order valence-corrected chi connectivity index (χ4v) is 1.74. The first kappa shape index (κ1) is 10.2. The summed E-state index contributed by atoms with van der Waals surface area (Å²) < 4.78 is 0. The molecule has 2 rings (SSSR count). The van der Waals surface area contributed by atoms with E-state index < -0.39 is 0 Å². The number of nitrogens with zero attached hydrogens (tertiary/aromatic N) is 1. The summed E-state index contributed by atoms with van der Waals surface area (Å²) in [5.74, 6) is 0.627. The van der Waals surface area contributed by atoms with Gasteiger partial charge in [0.2, 0.25) is 5.91 Å². The molecule has 15 heavy (non-hydrogen) atoms. The standard InChI is InChI=1S/C12H16N2O/c1-9(2)11-8-12(15)14(13-11)10-6-4-3-5-7-10/h3-7,9,11,13H,8H2,1-2H3. The van der Waals surface area contributed by atoms with E-state index in [0.717, 1.165) is 5.69 Å². The Morgan fingerprint density at radius 1 is 1.33 bits per heavy atom. The Hall–Kier alpha value is -1.35. The van der Waals surface area contributed by atoms with Gasteiger partial charge in [-0.05, 0) is 18.1 Å². The Morgan fingerprint density at radius 3 is 2.53 bits per heavy atom. The van der Waals surface area contributed by atoms with Crippen LogP contribution in [0, 0.1) is 5.92 Å². The maximum absolute atomic E-state index is 11.8. The topological polar surface area (TPSA) is 32.3 Å². The van der Waals surface area contributed by atoms with Crippen LogP contribution < -0.4 is 10.4 Å². The van der Waals surface area contributed by atoms with Gasteiger partial charge in [0.25, 0.3) is 0 Å². The van der Waals surface area contributed by atoms with Crippen LogP contribution in [0.2, 0.25) is 0 Å².